The normalized spacial score (nSPS) is 11.9. The Morgan fingerprint density at radius 1 is 1.16 bits per heavy atom. The summed E-state index contributed by atoms with van der Waals surface area (Å²) in [4.78, 5) is 16.4. The van der Waals surface area contributed by atoms with Crippen LogP contribution in [0.1, 0.15) is 34.5 Å². The summed E-state index contributed by atoms with van der Waals surface area (Å²) in [6.07, 6.45) is 5.40. The van der Waals surface area contributed by atoms with Crippen LogP contribution < -0.4 is 5.32 Å². The van der Waals surface area contributed by atoms with Crippen LogP contribution in [0.3, 0.4) is 0 Å². The van der Waals surface area contributed by atoms with Crippen molar-refractivity contribution in [2.45, 2.75) is 19.6 Å². The summed E-state index contributed by atoms with van der Waals surface area (Å²) >= 11 is 0. The van der Waals surface area contributed by atoms with Crippen LogP contribution in [0.15, 0.2) is 67.3 Å². The molecule has 0 saturated carbocycles. The number of methoxy groups -OCH3 is 1. The summed E-state index contributed by atoms with van der Waals surface area (Å²) in [6, 6.07) is 15.4. The quantitative estimate of drug-likeness (QED) is 0.750. The molecule has 2 aromatic carbocycles. The number of benzene rings is 2. The summed E-state index contributed by atoms with van der Waals surface area (Å²) in [5, 5.41) is 3.03. The molecule has 0 saturated heterocycles. The number of aromatic nitrogens is 2. The molecule has 1 atom stereocenters. The molecule has 0 aliphatic heterocycles. The summed E-state index contributed by atoms with van der Waals surface area (Å²) in [7, 11) is 1.65. The van der Waals surface area contributed by atoms with Crippen molar-refractivity contribution in [2.75, 3.05) is 7.11 Å². The number of amides is 1. The molecule has 0 bridgehead atoms. The molecule has 5 heteroatoms. The molecule has 3 aromatic rings. The van der Waals surface area contributed by atoms with Crippen LogP contribution in [-0.4, -0.2) is 22.6 Å². The summed E-state index contributed by atoms with van der Waals surface area (Å²) in [5.41, 5.74) is 3.77. The summed E-state index contributed by atoms with van der Waals surface area (Å²) < 4.78 is 7.02. The van der Waals surface area contributed by atoms with Gasteiger partial charge in [0.1, 0.15) is 0 Å². The maximum absolute atomic E-state index is 12.4. The van der Waals surface area contributed by atoms with E-state index in [0.717, 1.165) is 16.8 Å². The van der Waals surface area contributed by atoms with Gasteiger partial charge in [-0.05, 0) is 42.3 Å². The predicted molar refractivity (Wildman–Crippen MR) is 96.6 cm³/mol. The van der Waals surface area contributed by atoms with Crippen molar-refractivity contribution in [1.82, 2.24) is 14.9 Å². The zero-order valence-electron chi connectivity index (χ0n) is 14.3. The summed E-state index contributed by atoms with van der Waals surface area (Å²) in [5.74, 6) is -0.0878. The molecule has 25 heavy (non-hydrogen) atoms. The molecule has 1 amide bonds. The lowest BCUT2D eigenvalue weighted by Gasteiger charge is -2.15. The van der Waals surface area contributed by atoms with Gasteiger partial charge in [-0.3, -0.25) is 4.79 Å². The highest BCUT2D eigenvalue weighted by molar-refractivity contribution is 5.94. The fraction of sp³-hybridized carbons (Fsp3) is 0.200. The highest BCUT2D eigenvalue weighted by atomic mass is 16.5. The SMILES string of the molecule is COCc1ccc(C(=O)N[C@H](C)c2ccc(-n3ccnc3)cc2)cc1. The van der Waals surface area contributed by atoms with Crippen LogP contribution >= 0.6 is 0 Å². The van der Waals surface area contributed by atoms with Crippen LogP contribution in [0.25, 0.3) is 5.69 Å². The smallest absolute Gasteiger partial charge is 0.251 e. The van der Waals surface area contributed by atoms with Gasteiger partial charge in [-0.1, -0.05) is 24.3 Å². The second-order valence-electron chi connectivity index (χ2n) is 5.89. The minimum absolute atomic E-state index is 0.0806. The minimum Gasteiger partial charge on any atom is -0.380 e. The van der Waals surface area contributed by atoms with Crippen molar-refractivity contribution < 1.29 is 9.53 Å². The van der Waals surface area contributed by atoms with E-state index in [9.17, 15) is 4.79 Å². The van der Waals surface area contributed by atoms with E-state index in [1.807, 2.05) is 66.2 Å². The molecule has 0 unspecified atom stereocenters. The van der Waals surface area contributed by atoms with Gasteiger partial charge in [0.15, 0.2) is 0 Å². The van der Waals surface area contributed by atoms with Gasteiger partial charge >= 0.3 is 0 Å². The molecule has 1 aromatic heterocycles. The largest absolute Gasteiger partial charge is 0.380 e. The van der Waals surface area contributed by atoms with E-state index in [4.69, 9.17) is 4.74 Å². The van der Waals surface area contributed by atoms with Gasteiger partial charge in [0.25, 0.3) is 5.91 Å². The van der Waals surface area contributed by atoms with Crippen molar-refractivity contribution in [3.8, 4) is 5.69 Å². The van der Waals surface area contributed by atoms with E-state index < -0.39 is 0 Å². The zero-order valence-corrected chi connectivity index (χ0v) is 14.3. The predicted octanol–water partition coefficient (Wildman–Crippen LogP) is 3.51. The number of carbonyl (C=O) groups is 1. The molecule has 0 aliphatic rings. The number of carbonyl (C=O) groups excluding carboxylic acids is 1. The fourth-order valence-corrected chi connectivity index (χ4v) is 2.63. The lowest BCUT2D eigenvalue weighted by molar-refractivity contribution is 0.0940. The van der Waals surface area contributed by atoms with E-state index in [2.05, 4.69) is 10.3 Å². The molecule has 3 rings (SSSR count). The highest BCUT2D eigenvalue weighted by Crippen LogP contribution is 2.16. The average molecular weight is 335 g/mol. The molecule has 0 aliphatic carbocycles. The number of hydrogen-bond acceptors (Lipinski definition) is 3. The second kappa shape index (κ2) is 7.77. The Labute approximate surface area is 147 Å². The average Bonchev–Trinajstić information content (AvgIpc) is 3.17. The highest BCUT2D eigenvalue weighted by Gasteiger charge is 2.11. The number of hydrogen-bond donors (Lipinski definition) is 1. The van der Waals surface area contributed by atoms with Crippen LogP contribution in [0.4, 0.5) is 0 Å². The molecular formula is C20H21N3O2. The first kappa shape index (κ1) is 16.9. The molecule has 0 fully saturated rings. The van der Waals surface area contributed by atoms with E-state index in [0.29, 0.717) is 12.2 Å². The van der Waals surface area contributed by atoms with Crippen molar-refractivity contribution in [1.29, 1.82) is 0 Å². The number of rotatable bonds is 6. The summed E-state index contributed by atoms with van der Waals surface area (Å²) in [6.45, 7) is 2.52. The molecule has 0 spiro atoms. The monoisotopic (exact) mass is 335 g/mol. The minimum atomic E-state index is -0.0878. The molecule has 128 valence electrons. The van der Waals surface area contributed by atoms with Gasteiger partial charge in [-0.15, -0.1) is 0 Å². The topological polar surface area (TPSA) is 56.1 Å². The Bertz CT molecular complexity index is 809. The first-order chi connectivity index (χ1) is 12.2. The number of imidazole rings is 1. The van der Waals surface area contributed by atoms with E-state index in [1.165, 1.54) is 0 Å². The fourth-order valence-electron chi connectivity index (χ4n) is 2.63. The first-order valence-electron chi connectivity index (χ1n) is 8.14. The number of nitrogens with one attached hydrogen (secondary N) is 1. The van der Waals surface area contributed by atoms with Crippen LogP contribution in [0.2, 0.25) is 0 Å². The number of nitrogens with zero attached hydrogens (tertiary/aromatic N) is 2. The van der Waals surface area contributed by atoms with Crippen LogP contribution in [0, 0.1) is 0 Å². The third-order valence-electron chi connectivity index (χ3n) is 4.07. The van der Waals surface area contributed by atoms with E-state index in [1.54, 1.807) is 19.6 Å². The number of ether oxygens (including phenoxy) is 1. The maximum Gasteiger partial charge on any atom is 0.251 e. The lowest BCUT2D eigenvalue weighted by atomic mass is 10.1. The Hall–Kier alpha value is -2.92. The Morgan fingerprint density at radius 3 is 2.48 bits per heavy atom. The van der Waals surface area contributed by atoms with Crippen LogP contribution in [0.5, 0.6) is 0 Å². The van der Waals surface area contributed by atoms with Gasteiger partial charge in [0.2, 0.25) is 0 Å². The Kier molecular flexibility index (Phi) is 5.26. The molecule has 1 N–H and O–H groups in total. The van der Waals surface area contributed by atoms with Gasteiger partial charge in [-0.25, -0.2) is 4.98 Å². The molecular weight excluding hydrogens is 314 g/mol. The lowest BCUT2D eigenvalue weighted by Crippen LogP contribution is -2.26. The van der Waals surface area contributed by atoms with Crippen molar-refractivity contribution in [2.24, 2.45) is 0 Å². The molecule has 5 nitrogen and oxygen atoms in total. The molecule has 1 heterocycles. The van der Waals surface area contributed by atoms with Gasteiger partial charge in [0, 0.05) is 30.8 Å². The standard InChI is InChI=1S/C20H21N3O2/c1-15(17-7-9-19(10-8-17)23-12-11-21-14-23)22-20(24)18-5-3-16(4-6-18)13-25-2/h3-12,14-15H,13H2,1-2H3,(H,22,24)/t15-/m1/s1. The van der Waals surface area contributed by atoms with Gasteiger partial charge in [-0.2, -0.15) is 0 Å². The van der Waals surface area contributed by atoms with Gasteiger partial charge in [0.05, 0.1) is 19.0 Å². The van der Waals surface area contributed by atoms with Gasteiger partial charge < -0.3 is 14.6 Å². The Balaban J connectivity index is 1.64. The maximum atomic E-state index is 12.4. The van der Waals surface area contributed by atoms with Crippen molar-refractivity contribution >= 4 is 5.91 Å². The van der Waals surface area contributed by atoms with E-state index >= 15 is 0 Å². The molecule has 0 radical (unpaired) electrons. The third kappa shape index (κ3) is 4.14. The Morgan fingerprint density at radius 2 is 1.88 bits per heavy atom. The zero-order chi connectivity index (χ0) is 17.6. The van der Waals surface area contributed by atoms with Crippen molar-refractivity contribution in [3.63, 3.8) is 0 Å². The van der Waals surface area contributed by atoms with Crippen LogP contribution in [-0.2, 0) is 11.3 Å². The first-order valence-corrected chi connectivity index (χ1v) is 8.14. The second-order valence-corrected chi connectivity index (χ2v) is 5.89. The van der Waals surface area contributed by atoms with Crippen molar-refractivity contribution in [3.05, 3.63) is 83.9 Å². The third-order valence-corrected chi connectivity index (χ3v) is 4.07. The van der Waals surface area contributed by atoms with E-state index in [-0.39, 0.29) is 11.9 Å².